The van der Waals surface area contributed by atoms with Gasteiger partial charge in [-0.3, -0.25) is 48.2 Å². The lowest BCUT2D eigenvalue weighted by molar-refractivity contribution is -0.167. The minimum Gasteiger partial charge on any atom is -0.481 e. The van der Waals surface area contributed by atoms with Crippen molar-refractivity contribution in [3.05, 3.63) is 0 Å². The topological polar surface area (TPSA) is 216 Å². The molecule has 2 saturated heterocycles. The Morgan fingerprint density at radius 1 is 0.588 bits per heavy atom. The van der Waals surface area contributed by atoms with Crippen LogP contribution < -0.4 is 0 Å². The Morgan fingerprint density at radius 3 is 1.46 bits per heavy atom. The number of carbonyl (C=O) groups is 8. The molecular formula is C53H91N3O12. The second-order valence-electron chi connectivity index (χ2n) is 23.2. The average Bonchev–Trinajstić information content (AvgIpc) is 3.59. The van der Waals surface area contributed by atoms with E-state index in [1.54, 1.807) is 20.8 Å². The van der Waals surface area contributed by atoms with Crippen molar-refractivity contribution in [1.29, 1.82) is 0 Å². The van der Waals surface area contributed by atoms with Gasteiger partial charge in [-0.25, -0.2) is 0 Å². The minimum atomic E-state index is -1.67. The number of carboxylic acids is 3. The van der Waals surface area contributed by atoms with Crippen molar-refractivity contribution in [1.82, 2.24) is 14.7 Å². The SMILES string of the molecule is CCCCCCCCCCCCN1C(=O)C(CC(C)(C)C(C(=O)O)C(CC(C)(C)C(C(=O)O)C(C)C(=O)OCC)C(=O)O)C(C(C)(C)CC2C(=O)N(CCCN(C)C)C(=O)C2C(C)(C)CC)C1=O. The highest BCUT2D eigenvalue weighted by molar-refractivity contribution is 6.07. The van der Waals surface area contributed by atoms with Crippen LogP contribution >= 0.6 is 0 Å². The monoisotopic (exact) mass is 962 g/mol. The van der Waals surface area contributed by atoms with Crippen LogP contribution in [0.4, 0.5) is 0 Å². The molecule has 0 bridgehead atoms. The Bertz CT molecular complexity index is 1750. The third-order valence-electron chi connectivity index (χ3n) is 15.7. The minimum absolute atomic E-state index is 0.00172. The van der Waals surface area contributed by atoms with E-state index in [0.717, 1.165) is 25.7 Å². The number of hydrogen-bond donors (Lipinski definition) is 3. The maximum absolute atomic E-state index is 14.9. The Morgan fingerprint density at radius 2 is 1.03 bits per heavy atom. The van der Waals surface area contributed by atoms with Crippen LogP contribution in [0.5, 0.6) is 0 Å². The first-order valence-electron chi connectivity index (χ1n) is 25.7. The van der Waals surface area contributed by atoms with E-state index in [4.69, 9.17) is 4.74 Å². The second-order valence-corrected chi connectivity index (χ2v) is 23.2. The molecule has 15 nitrogen and oxygen atoms in total. The van der Waals surface area contributed by atoms with Gasteiger partial charge in [0.15, 0.2) is 0 Å². The fourth-order valence-electron chi connectivity index (χ4n) is 11.8. The molecule has 8 atom stereocenters. The van der Waals surface area contributed by atoms with Gasteiger partial charge in [0.2, 0.25) is 23.6 Å². The molecule has 3 N–H and O–H groups in total. The van der Waals surface area contributed by atoms with Gasteiger partial charge in [0, 0.05) is 13.1 Å². The maximum atomic E-state index is 14.9. The van der Waals surface area contributed by atoms with Gasteiger partial charge >= 0.3 is 23.9 Å². The Balaban J connectivity index is 2.66. The second kappa shape index (κ2) is 25.8. The van der Waals surface area contributed by atoms with E-state index < -0.39 is 111 Å². The zero-order valence-corrected chi connectivity index (χ0v) is 44.4. The van der Waals surface area contributed by atoms with Crippen molar-refractivity contribution in [3.63, 3.8) is 0 Å². The molecule has 0 aliphatic carbocycles. The van der Waals surface area contributed by atoms with Crippen LogP contribution in [-0.2, 0) is 43.1 Å². The van der Waals surface area contributed by atoms with E-state index in [-0.39, 0.29) is 44.4 Å². The lowest BCUT2D eigenvalue weighted by Crippen LogP contribution is -2.47. The van der Waals surface area contributed by atoms with Crippen LogP contribution in [0.2, 0.25) is 0 Å². The van der Waals surface area contributed by atoms with E-state index >= 15 is 0 Å². The van der Waals surface area contributed by atoms with Gasteiger partial charge in [0.1, 0.15) is 0 Å². The first kappa shape index (κ1) is 60.2. The van der Waals surface area contributed by atoms with Gasteiger partial charge in [0.05, 0.1) is 54.0 Å². The highest BCUT2D eigenvalue weighted by atomic mass is 16.5. The molecule has 2 aliphatic rings. The van der Waals surface area contributed by atoms with Crippen molar-refractivity contribution in [2.24, 2.45) is 69.0 Å². The molecule has 0 spiro atoms. The van der Waals surface area contributed by atoms with E-state index in [1.165, 1.54) is 62.7 Å². The summed E-state index contributed by atoms with van der Waals surface area (Å²) in [7, 11) is 3.84. The molecule has 2 aliphatic heterocycles. The number of aliphatic carboxylic acids is 3. The van der Waals surface area contributed by atoms with E-state index in [1.807, 2.05) is 53.6 Å². The molecule has 68 heavy (non-hydrogen) atoms. The number of imide groups is 2. The zero-order valence-electron chi connectivity index (χ0n) is 44.4. The molecule has 0 aromatic rings. The normalized spacial score (nSPS) is 21.4. The highest BCUT2D eigenvalue weighted by Crippen LogP contribution is 2.54. The third-order valence-corrected chi connectivity index (χ3v) is 15.7. The summed E-state index contributed by atoms with van der Waals surface area (Å²) in [4.78, 5) is 115. The molecule has 0 aromatic carbocycles. The van der Waals surface area contributed by atoms with Crippen LogP contribution in [0, 0.1) is 69.0 Å². The summed E-state index contributed by atoms with van der Waals surface area (Å²) in [6.07, 6.45) is 11.1. The Kier molecular flexibility index (Phi) is 22.9. The first-order valence-corrected chi connectivity index (χ1v) is 25.7. The van der Waals surface area contributed by atoms with Gasteiger partial charge in [0.25, 0.3) is 0 Å². The van der Waals surface area contributed by atoms with Gasteiger partial charge in [-0.05, 0) is 81.3 Å². The van der Waals surface area contributed by atoms with Gasteiger partial charge in [-0.2, -0.15) is 0 Å². The van der Waals surface area contributed by atoms with Crippen LogP contribution in [0.25, 0.3) is 0 Å². The highest BCUT2D eigenvalue weighted by Gasteiger charge is 2.61. The smallest absolute Gasteiger partial charge is 0.309 e. The predicted octanol–water partition coefficient (Wildman–Crippen LogP) is 9.05. The quantitative estimate of drug-likeness (QED) is 0.0318. The molecule has 4 amide bonds. The summed E-state index contributed by atoms with van der Waals surface area (Å²) in [5.74, 6) is -16.1. The number of unbranched alkanes of at least 4 members (excludes halogenated alkanes) is 9. The van der Waals surface area contributed by atoms with Crippen LogP contribution in [0.3, 0.4) is 0 Å². The fraction of sp³-hybridized carbons (Fsp3) is 0.849. The van der Waals surface area contributed by atoms with Gasteiger partial charge in [-0.1, -0.05) is 140 Å². The van der Waals surface area contributed by atoms with Crippen molar-refractivity contribution in [3.8, 4) is 0 Å². The maximum Gasteiger partial charge on any atom is 0.309 e. The number of carbonyl (C=O) groups excluding carboxylic acids is 5. The summed E-state index contributed by atoms with van der Waals surface area (Å²) in [5, 5.41) is 32.1. The van der Waals surface area contributed by atoms with Crippen LogP contribution in [0.15, 0.2) is 0 Å². The van der Waals surface area contributed by atoms with Crippen molar-refractivity contribution >= 4 is 47.5 Å². The number of esters is 1. The van der Waals surface area contributed by atoms with Gasteiger partial charge in [-0.15, -0.1) is 0 Å². The van der Waals surface area contributed by atoms with Crippen molar-refractivity contribution < 1.29 is 58.4 Å². The van der Waals surface area contributed by atoms with E-state index in [0.29, 0.717) is 25.8 Å². The number of likely N-dealkylation sites (tertiary alicyclic amines) is 2. The molecule has 0 saturated carbocycles. The fourth-order valence-corrected chi connectivity index (χ4v) is 11.8. The molecular weight excluding hydrogens is 871 g/mol. The molecule has 2 heterocycles. The summed E-state index contributed by atoms with van der Waals surface area (Å²) >= 11 is 0. The molecule has 390 valence electrons. The van der Waals surface area contributed by atoms with Gasteiger partial charge < -0.3 is 25.0 Å². The largest absolute Gasteiger partial charge is 0.481 e. The van der Waals surface area contributed by atoms with E-state index in [2.05, 4.69) is 6.92 Å². The molecule has 2 fully saturated rings. The summed E-state index contributed by atoms with van der Waals surface area (Å²) in [6, 6.07) is 0. The number of amides is 4. The summed E-state index contributed by atoms with van der Waals surface area (Å²) in [6.45, 7) is 22.0. The average molecular weight is 962 g/mol. The Labute approximate surface area is 408 Å². The van der Waals surface area contributed by atoms with Crippen molar-refractivity contribution in [2.45, 2.75) is 179 Å². The van der Waals surface area contributed by atoms with Crippen LogP contribution in [0.1, 0.15) is 179 Å². The molecule has 8 unspecified atom stereocenters. The summed E-state index contributed by atoms with van der Waals surface area (Å²) in [5.41, 5.74) is -4.57. The van der Waals surface area contributed by atoms with Crippen molar-refractivity contribution in [2.75, 3.05) is 40.3 Å². The molecule has 2 rings (SSSR count). The molecule has 0 aromatic heterocycles. The standard InChI is InChI=1S/C53H91N3O12/c1-15-18-19-20-21-22-23-24-25-26-29-55-43(58)36(32-53(11,12)41(48(65)66)37(46(61)62)33-51(7,8)38(47(63)64)34(4)49(67)68-17-3)40(45(55)60)52(9,10)31-35-39(50(5,6)16-2)44(59)56(42(35)57)30-27-28-54(13)14/h34-41H,15-33H2,1-14H3,(H,61,62)(H,63,64)(H,65,66). The first-order chi connectivity index (χ1) is 31.5. The number of rotatable bonds is 33. The Hall–Kier alpha value is -3.88. The summed E-state index contributed by atoms with van der Waals surface area (Å²) < 4.78 is 5.12. The number of nitrogens with zero attached hydrogens (tertiary/aromatic N) is 3. The number of ether oxygens (including phenoxy) is 1. The van der Waals surface area contributed by atoms with E-state index in [9.17, 15) is 53.7 Å². The zero-order chi connectivity index (χ0) is 52.1. The predicted molar refractivity (Wildman–Crippen MR) is 261 cm³/mol. The third kappa shape index (κ3) is 15.3. The number of hydrogen-bond acceptors (Lipinski definition) is 10. The molecule has 15 heteroatoms. The molecule has 0 radical (unpaired) electrons. The lowest BCUT2D eigenvalue weighted by atomic mass is 9.58. The van der Waals surface area contributed by atoms with Crippen LogP contribution in [-0.4, -0.2) is 118 Å². The number of carboxylic acid groups (broad SMARTS) is 3. The lowest BCUT2D eigenvalue weighted by Gasteiger charge is -2.43.